The Kier molecular flexibility index (Phi) is 7.30. The standard InChI is InChI=1S/C25H22F4N6O3/c1-13-8-9-35(34-13)20-7-6-16(26)11-17(20)22(25(27,28)29)38-21-12-19(32-24(31)33-21)15-4-2-14(3-5-15)10-18(30)23(36)37/h2-9,11-12,18,22H,10,30H2,1H3,(H,36,37)(H2,31,32,33). The summed E-state index contributed by atoms with van der Waals surface area (Å²) in [5.74, 6) is -2.88. The van der Waals surface area contributed by atoms with Gasteiger partial charge in [0.1, 0.15) is 11.9 Å². The highest BCUT2D eigenvalue weighted by atomic mass is 19.4. The number of aromatic nitrogens is 4. The third-order valence-electron chi connectivity index (χ3n) is 5.52. The van der Waals surface area contributed by atoms with Gasteiger partial charge in [-0.05, 0) is 43.2 Å². The van der Waals surface area contributed by atoms with Crippen LogP contribution < -0.4 is 16.2 Å². The number of nitrogens with zero attached hydrogens (tertiary/aromatic N) is 4. The van der Waals surface area contributed by atoms with Crippen LogP contribution in [0.5, 0.6) is 5.88 Å². The number of rotatable bonds is 8. The van der Waals surface area contributed by atoms with Crippen molar-refractivity contribution in [3.63, 3.8) is 0 Å². The Labute approximate surface area is 213 Å². The number of carbonyl (C=O) groups is 1. The van der Waals surface area contributed by atoms with Crippen molar-refractivity contribution in [3.05, 3.63) is 83.4 Å². The van der Waals surface area contributed by atoms with Crippen molar-refractivity contribution in [1.29, 1.82) is 0 Å². The molecule has 4 aromatic rings. The number of anilines is 1. The summed E-state index contributed by atoms with van der Waals surface area (Å²) in [7, 11) is 0. The lowest BCUT2D eigenvalue weighted by Gasteiger charge is -2.24. The third-order valence-corrected chi connectivity index (χ3v) is 5.52. The second kappa shape index (κ2) is 10.5. The van der Waals surface area contributed by atoms with Crippen molar-refractivity contribution in [3.8, 4) is 22.8 Å². The molecule has 198 valence electrons. The highest BCUT2D eigenvalue weighted by Gasteiger charge is 2.45. The smallest absolute Gasteiger partial charge is 0.429 e. The SMILES string of the molecule is Cc1ccn(-c2ccc(F)cc2C(Oc2cc(-c3ccc(CC(N)C(=O)O)cc3)nc(N)n2)C(F)(F)F)n1. The van der Waals surface area contributed by atoms with Gasteiger partial charge in [-0.1, -0.05) is 24.3 Å². The Morgan fingerprint density at radius 1 is 1.11 bits per heavy atom. The number of nitrogens with two attached hydrogens (primary N) is 2. The molecule has 0 radical (unpaired) electrons. The van der Waals surface area contributed by atoms with E-state index < -0.39 is 41.6 Å². The van der Waals surface area contributed by atoms with Crippen LogP contribution in [-0.2, 0) is 11.2 Å². The number of hydrogen-bond donors (Lipinski definition) is 3. The molecule has 0 aliphatic rings. The molecule has 0 bridgehead atoms. The highest BCUT2D eigenvalue weighted by Crippen LogP contribution is 2.39. The molecule has 2 aromatic carbocycles. The Balaban J connectivity index is 1.69. The van der Waals surface area contributed by atoms with Crippen molar-refractivity contribution >= 4 is 11.9 Å². The average Bonchev–Trinajstić information content (AvgIpc) is 3.27. The summed E-state index contributed by atoms with van der Waals surface area (Å²) in [4.78, 5) is 18.8. The first-order valence-corrected chi connectivity index (χ1v) is 11.2. The molecule has 0 fully saturated rings. The van der Waals surface area contributed by atoms with E-state index in [4.69, 9.17) is 21.3 Å². The van der Waals surface area contributed by atoms with Crippen LogP contribution in [0.15, 0.2) is 60.8 Å². The number of ether oxygens (including phenoxy) is 1. The van der Waals surface area contributed by atoms with E-state index in [0.717, 1.165) is 12.1 Å². The van der Waals surface area contributed by atoms with Crippen molar-refractivity contribution in [2.75, 3.05) is 5.73 Å². The minimum atomic E-state index is -4.96. The van der Waals surface area contributed by atoms with E-state index in [2.05, 4.69) is 15.1 Å². The number of aryl methyl sites for hydroxylation is 1. The largest absolute Gasteiger partial charge is 0.480 e. The highest BCUT2D eigenvalue weighted by molar-refractivity contribution is 5.73. The minimum Gasteiger partial charge on any atom is -0.480 e. The molecule has 38 heavy (non-hydrogen) atoms. The van der Waals surface area contributed by atoms with Crippen LogP contribution in [0.4, 0.5) is 23.5 Å². The van der Waals surface area contributed by atoms with Crippen LogP contribution >= 0.6 is 0 Å². The molecule has 2 atom stereocenters. The maximum Gasteiger partial charge on any atom is 0.429 e. The Bertz CT molecular complexity index is 1460. The first-order valence-electron chi connectivity index (χ1n) is 11.2. The molecule has 5 N–H and O–H groups in total. The summed E-state index contributed by atoms with van der Waals surface area (Å²) in [6.45, 7) is 1.66. The van der Waals surface area contributed by atoms with Gasteiger partial charge in [0.2, 0.25) is 17.9 Å². The van der Waals surface area contributed by atoms with Gasteiger partial charge in [0.15, 0.2) is 0 Å². The number of hydrogen-bond acceptors (Lipinski definition) is 7. The van der Waals surface area contributed by atoms with Crippen LogP contribution in [0.25, 0.3) is 16.9 Å². The summed E-state index contributed by atoms with van der Waals surface area (Å²) in [5, 5.41) is 13.1. The van der Waals surface area contributed by atoms with E-state index >= 15 is 0 Å². The lowest BCUT2D eigenvalue weighted by Crippen LogP contribution is -2.32. The molecule has 2 heterocycles. The van der Waals surface area contributed by atoms with Crippen LogP contribution in [-0.4, -0.2) is 43.0 Å². The Hall–Kier alpha value is -4.52. The monoisotopic (exact) mass is 530 g/mol. The van der Waals surface area contributed by atoms with Gasteiger partial charge < -0.3 is 21.3 Å². The van der Waals surface area contributed by atoms with Crippen LogP contribution in [0.1, 0.15) is 22.9 Å². The normalized spacial score (nSPS) is 13.2. The zero-order valence-electron chi connectivity index (χ0n) is 19.9. The van der Waals surface area contributed by atoms with Gasteiger partial charge >= 0.3 is 12.1 Å². The molecule has 0 amide bonds. The summed E-state index contributed by atoms with van der Waals surface area (Å²) in [5.41, 5.74) is 12.6. The molecule has 0 aliphatic carbocycles. The molecule has 0 saturated heterocycles. The van der Waals surface area contributed by atoms with E-state index in [1.165, 1.54) is 23.0 Å². The van der Waals surface area contributed by atoms with Crippen LogP contribution in [0, 0.1) is 12.7 Å². The van der Waals surface area contributed by atoms with Gasteiger partial charge in [0, 0.05) is 23.4 Å². The molecule has 0 saturated carbocycles. The van der Waals surface area contributed by atoms with E-state index in [9.17, 15) is 22.4 Å². The maximum absolute atomic E-state index is 14.2. The molecule has 2 aromatic heterocycles. The zero-order valence-corrected chi connectivity index (χ0v) is 19.9. The quantitative estimate of drug-likeness (QED) is 0.290. The average molecular weight is 530 g/mol. The second-order valence-electron chi connectivity index (χ2n) is 8.44. The number of benzene rings is 2. The maximum atomic E-state index is 14.2. The third kappa shape index (κ3) is 6.06. The van der Waals surface area contributed by atoms with Gasteiger partial charge in [-0.3, -0.25) is 4.79 Å². The number of aliphatic carboxylic acids is 1. The van der Waals surface area contributed by atoms with Gasteiger partial charge in [0.25, 0.3) is 0 Å². The topological polar surface area (TPSA) is 142 Å². The van der Waals surface area contributed by atoms with Gasteiger partial charge in [-0.2, -0.15) is 23.3 Å². The zero-order chi connectivity index (χ0) is 27.6. The fourth-order valence-electron chi connectivity index (χ4n) is 3.72. The minimum absolute atomic E-state index is 0.0285. The Morgan fingerprint density at radius 2 is 1.82 bits per heavy atom. The number of nitrogen functional groups attached to an aromatic ring is 1. The molecule has 2 unspecified atom stereocenters. The molecular formula is C25H22F4N6O3. The fourth-order valence-corrected chi connectivity index (χ4v) is 3.72. The fraction of sp³-hybridized carbons (Fsp3) is 0.200. The van der Waals surface area contributed by atoms with Gasteiger partial charge in [0.05, 0.1) is 17.1 Å². The molecule has 4 rings (SSSR count). The van der Waals surface area contributed by atoms with Crippen molar-refractivity contribution < 1.29 is 32.2 Å². The summed E-state index contributed by atoms with van der Waals surface area (Å²) in [6.07, 6.45) is -6.04. The summed E-state index contributed by atoms with van der Waals surface area (Å²) >= 11 is 0. The number of halogens is 4. The number of carboxylic acid groups (broad SMARTS) is 1. The van der Waals surface area contributed by atoms with E-state index in [0.29, 0.717) is 16.8 Å². The molecule has 9 nitrogen and oxygen atoms in total. The number of alkyl halides is 3. The van der Waals surface area contributed by atoms with Crippen LogP contribution in [0.3, 0.4) is 0 Å². The lowest BCUT2D eigenvalue weighted by molar-refractivity contribution is -0.198. The van der Waals surface area contributed by atoms with Crippen molar-refractivity contribution in [2.24, 2.45) is 5.73 Å². The van der Waals surface area contributed by atoms with Crippen LogP contribution in [0.2, 0.25) is 0 Å². The van der Waals surface area contributed by atoms with Gasteiger partial charge in [-0.15, -0.1) is 0 Å². The predicted octanol–water partition coefficient (Wildman–Crippen LogP) is 4.00. The summed E-state index contributed by atoms with van der Waals surface area (Å²) in [6, 6.07) is 11.0. The molecular weight excluding hydrogens is 508 g/mol. The first kappa shape index (κ1) is 26.5. The molecule has 0 aliphatic heterocycles. The lowest BCUT2D eigenvalue weighted by atomic mass is 10.0. The Morgan fingerprint density at radius 3 is 2.42 bits per heavy atom. The predicted molar refractivity (Wildman–Crippen MR) is 129 cm³/mol. The van der Waals surface area contributed by atoms with Gasteiger partial charge in [-0.25, -0.2) is 14.1 Å². The van der Waals surface area contributed by atoms with Crippen molar-refractivity contribution in [2.45, 2.75) is 31.7 Å². The van der Waals surface area contributed by atoms with E-state index in [-0.39, 0.29) is 23.8 Å². The van der Waals surface area contributed by atoms with E-state index in [1.807, 2.05) is 0 Å². The second-order valence-corrected chi connectivity index (χ2v) is 8.44. The van der Waals surface area contributed by atoms with E-state index in [1.54, 1.807) is 37.3 Å². The summed E-state index contributed by atoms with van der Waals surface area (Å²) < 4.78 is 63.4. The molecule has 0 spiro atoms. The first-order chi connectivity index (χ1) is 17.9. The molecule has 13 heteroatoms. The number of carboxylic acids is 1. The van der Waals surface area contributed by atoms with Crippen molar-refractivity contribution in [1.82, 2.24) is 19.7 Å².